The van der Waals surface area contributed by atoms with E-state index in [2.05, 4.69) is 18.7 Å². The first-order chi connectivity index (χ1) is 11.1. The lowest BCUT2D eigenvalue weighted by Gasteiger charge is -2.46. The highest BCUT2D eigenvalue weighted by Gasteiger charge is 2.53. The Hall–Kier alpha value is -0.480. The molecule has 0 aromatic rings. The highest BCUT2D eigenvalue weighted by atomic mass is 32.2. The van der Waals surface area contributed by atoms with Crippen molar-refractivity contribution in [1.82, 2.24) is 4.90 Å². The van der Waals surface area contributed by atoms with E-state index < -0.39 is 0 Å². The van der Waals surface area contributed by atoms with E-state index in [-0.39, 0.29) is 18.0 Å². The summed E-state index contributed by atoms with van der Waals surface area (Å²) in [7, 11) is 0. The zero-order valence-electron chi connectivity index (χ0n) is 14.5. The molecule has 1 saturated carbocycles. The number of thioether (sulfide) groups is 1. The normalized spacial score (nSPS) is 41.5. The Kier molecular flexibility index (Phi) is 4.25. The van der Waals surface area contributed by atoms with Crippen molar-refractivity contribution >= 4 is 17.7 Å². The summed E-state index contributed by atoms with van der Waals surface area (Å²) in [5.74, 6) is 3.03. The molecule has 0 amide bonds. The molecule has 0 bridgehead atoms. The number of nitrogens with zero attached hydrogens (tertiary/aromatic N) is 1. The van der Waals surface area contributed by atoms with Gasteiger partial charge in [-0.1, -0.05) is 18.1 Å². The number of ether oxygens (including phenoxy) is 1. The van der Waals surface area contributed by atoms with Crippen LogP contribution in [0.2, 0.25) is 0 Å². The molecular weight excluding hydrogens is 306 g/mol. The van der Waals surface area contributed by atoms with Crippen LogP contribution < -0.4 is 0 Å². The van der Waals surface area contributed by atoms with Crippen molar-refractivity contribution in [3.63, 3.8) is 0 Å². The molecule has 2 saturated heterocycles. The van der Waals surface area contributed by atoms with Gasteiger partial charge < -0.3 is 9.64 Å². The Morgan fingerprint density at radius 2 is 2.13 bits per heavy atom. The van der Waals surface area contributed by atoms with Gasteiger partial charge in [-0.15, -0.1) is 0 Å². The molecule has 0 N–H and O–H groups in total. The first-order valence-corrected chi connectivity index (χ1v) is 10.4. The second-order valence-corrected chi connectivity index (χ2v) is 9.46. The van der Waals surface area contributed by atoms with Crippen molar-refractivity contribution in [2.45, 2.75) is 52.1 Å². The minimum Gasteiger partial charge on any atom is -0.462 e. The number of carbonyl (C=O) groups excluding carboxylic acids is 1. The van der Waals surface area contributed by atoms with Crippen LogP contribution in [0.4, 0.5) is 0 Å². The summed E-state index contributed by atoms with van der Waals surface area (Å²) in [5, 5.41) is 0. The Balaban J connectivity index is 1.54. The average Bonchev–Trinajstić information content (AvgIpc) is 2.81. The van der Waals surface area contributed by atoms with E-state index in [1.807, 2.05) is 11.8 Å². The molecule has 23 heavy (non-hydrogen) atoms. The van der Waals surface area contributed by atoms with Crippen molar-refractivity contribution in [2.75, 3.05) is 31.1 Å². The van der Waals surface area contributed by atoms with Gasteiger partial charge in [-0.2, -0.15) is 11.8 Å². The van der Waals surface area contributed by atoms with Crippen molar-refractivity contribution in [1.29, 1.82) is 0 Å². The van der Waals surface area contributed by atoms with Gasteiger partial charge in [0.1, 0.15) is 6.10 Å². The number of hydrogen-bond acceptors (Lipinski definition) is 4. The molecule has 3 fully saturated rings. The highest BCUT2D eigenvalue weighted by molar-refractivity contribution is 7.99. The molecule has 0 spiro atoms. The molecular formula is C19H29NO2S. The number of allylic oxidation sites excluding steroid dienone is 2. The molecule has 2 aliphatic heterocycles. The fourth-order valence-corrected chi connectivity index (χ4v) is 6.36. The molecule has 4 unspecified atom stereocenters. The molecule has 4 rings (SSSR count). The van der Waals surface area contributed by atoms with Crippen molar-refractivity contribution < 1.29 is 9.53 Å². The van der Waals surface area contributed by atoms with Crippen LogP contribution in [0.5, 0.6) is 0 Å². The Morgan fingerprint density at radius 3 is 2.91 bits per heavy atom. The number of rotatable bonds is 2. The van der Waals surface area contributed by atoms with E-state index in [4.69, 9.17) is 4.74 Å². The van der Waals surface area contributed by atoms with Crippen LogP contribution in [0.3, 0.4) is 0 Å². The molecule has 3 nitrogen and oxygen atoms in total. The SMILES string of the molecule is CC1=C2CC3C(CC2(C)CCC1)OC(=O)C3CN1CCSCC1. The molecule has 0 aromatic heterocycles. The first-order valence-electron chi connectivity index (χ1n) is 9.26. The van der Waals surface area contributed by atoms with Gasteiger partial charge in [0.15, 0.2) is 0 Å². The Morgan fingerprint density at radius 1 is 1.35 bits per heavy atom. The van der Waals surface area contributed by atoms with E-state index in [0.29, 0.717) is 11.3 Å². The maximum Gasteiger partial charge on any atom is 0.310 e. The zero-order valence-corrected chi connectivity index (χ0v) is 15.3. The van der Waals surface area contributed by atoms with Gasteiger partial charge in [0.25, 0.3) is 0 Å². The predicted molar refractivity (Wildman–Crippen MR) is 94.5 cm³/mol. The number of esters is 1. The van der Waals surface area contributed by atoms with Gasteiger partial charge in [-0.3, -0.25) is 4.79 Å². The van der Waals surface area contributed by atoms with Gasteiger partial charge in [0, 0.05) is 37.1 Å². The molecule has 4 heteroatoms. The summed E-state index contributed by atoms with van der Waals surface area (Å²) in [5.41, 5.74) is 3.56. The summed E-state index contributed by atoms with van der Waals surface area (Å²) in [6.07, 6.45) is 6.16. The lowest BCUT2D eigenvalue weighted by Crippen LogP contribution is -2.43. The number of fused-ring (bicyclic) bond motifs is 2. The van der Waals surface area contributed by atoms with Crippen LogP contribution >= 0.6 is 11.8 Å². The third-order valence-corrected chi connectivity index (χ3v) is 7.68. The van der Waals surface area contributed by atoms with Crippen LogP contribution in [0.25, 0.3) is 0 Å². The molecule has 4 atom stereocenters. The van der Waals surface area contributed by atoms with E-state index in [1.54, 1.807) is 11.1 Å². The zero-order chi connectivity index (χ0) is 16.0. The van der Waals surface area contributed by atoms with Gasteiger partial charge in [0.05, 0.1) is 5.92 Å². The summed E-state index contributed by atoms with van der Waals surface area (Å²) in [6, 6.07) is 0. The summed E-state index contributed by atoms with van der Waals surface area (Å²) >= 11 is 2.03. The number of carbonyl (C=O) groups is 1. The second kappa shape index (κ2) is 6.11. The number of hydrogen-bond donors (Lipinski definition) is 0. The first kappa shape index (κ1) is 16.0. The van der Waals surface area contributed by atoms with E-state index in [9.17, 15) is 4.79 Å². The molecule has 0 aromatic carbocycles. The van der Waals surface area contributed by atoms with Gasteiger partial charge >= 0.3 is 5.97 Å². The van der Waals surface area contributed by atoms with E-state index in [1.165, 1.54) is 30.8 Å². The lowest BCUT2D eigenvalue weighted by atomic mass is 9.59. The highest BCUT2D eigenvalue weighted by Crippen LogP contribution is 2.55. The Labute approximate surface area is 144 Å². The van der Waals surface area contributed by atoms with E-state index >= 15 is 0 Å². The largest absolute Gasteiger partial charge is 0.462 e. The Bertz CT molecular complexity index is 525. The second-order valence-electron chi connectivity index (χ2n) is 8.24. The molecule has 0 radical (unpaired) electrons. The van der Waals surface area contributed by atoms with Crippen molar-refractivity contribution in [2.24, 2.45) is 17.3 Å². The van der Waals surface area contributed by atoms with Gasteiger partial charge in [-0.25, -0.2) is 0 Å². The fraction of sp³-hybridized carbons (Fsp3) is 0.842. The summed E-state index contributed by atoms with van der Waals surface area (Å²) in [6.45, 7) is 7.91. The van der Waals surface area contributed by atoms with Crippen LogP contribution in [-0.4, -0.2) is 48.1 Å². The molecule has 2 aliphatic carbocycles. The van der Waals surface area contributed by atoms with E-state index in [0.717, 1.165) is 32.5 Å². The van der Waals surface area contributed by atoms with Crippen LogP contribution in [0, 0.1) is 17.3 Å². The molecule has 4 aliphatic rings. The maximum atomic E-state index is 12.5. The minimum absolute atomic E-state index is 0.0822. The maximum absolute atomic E-state index is 12.5. The van der Waals surface area contributed by atoms with Gasteiger partial charge in [-0.05, 0) is 44.4 Å². The summed E-state index contributed by atoms with van der Waals surface area (Å²) in [4.78, 5) is 15.0. The third kappa shape index (κ3) is 2.86. The average molecular weight is 336 g/mol. The predicted octanol–water partition coefficient (Wildman–Crippen LogP) is 3.49. The lowest BCUT2D eigenvalue weighted by molar-refractivity contribution is -0.145. The summed E-state index contributed by atoms with van der Waals surface area (Å²) < 4.78 is 5.88. The van der Waals surface area contributed by atoms with Gasteiger partial charge in [0.2, 0.25) is 0 Å². The van der Waals surface area contributed by atoms with Crippen LogP contribution in [0.15, 0.2) is 11.1 Å². The van der Waals surface area contributed by atoms with Crippen molar-refractivity contribution in [3.05, 3.63) is 11.1 Å². The topological polar surface area (TPSA) is 29.5 Å². The molecule has 128 valence electrons. The minimum atomic E-state index is 0.0822. The standard InChI is InChI=1S/C19H29NO2S/c1-13-4-3-5-19(2)11-17-14(10-16(13)19)15(18(21)22-17)12-20-6-8-23-9-7-20/h14-15,17H,3-12H2,1-2H3. The van der Waals surface area contributed by atoms with Crippen molar-refractivity contribution in [3.8, 4) is 0 Å². The van der Waals surface area contributed by atoms with Crippen LogP contribution in [0.1, 0.15) is 46.0 Å². The quantitative estimate of drug-likeness (QED) is 0.571. The monoisotopic (exact) mass is 335 g/mol. The molecule has 2 heterocycles. The fourth-order valence-electron chi connectivity index (χ4n) is 5.38. The third-order valence-electron chi connectivity index (χ3n) is 6.74. The smallest absolute Gasteiger partial charge is 0.310 e. The van der Waals surface area contributed by atoms with Crippen LogP contribution in [-0.2, 0) is 9.53 Å².